The van der Waals surface area contributed by atoms with Gasteiger partial charge in [0, 0.05) is 12.8 Å². The Bertz CT molecular complexity index is 381. The van der Waals surface area contributed by atoms with Crippen LogP contribution in [0.1, 0.15) is 136 Å². The van der Waals surface area contributed by atoms with Gasteiger partial charge in [-0.25, -0.2) is 0 Å². The molecule has 1 atom stereocenters. The van der Waals surface area contributed by atoms with Crippen LogP contribution in [0.4, 0.5) is 0 Å². The zero-order chi connectivity index (χ0) is 21.6. The van der Waals surface area contributed by atoms with E-state index in [0.29, 0.717) is 25.9 Å². The van der Waals surface area contributed by atoms with Crippen LogP contribution in [0.15, 0.2) is 0 Å². The predicted molar refractivity (Wildman–Crippen MR) is 121 cm³/mol. The molecule has 0 aromatic heterocycles. The predicted octanol–water partition coefficient (Wildman–Crippen LogP) is 7.52. The normalized spacial score (nSPS) is 12.0. The Hall–Kier alpha value is -1.06. The average Bonchev–Trinajstić information content (AvgIpc) is 2.69. The minimum Gasteiger partial charge on any atom is -0.466 e. The maximum absolute atomic E-state index is 11.8. The maximum Gasteiger partial charge on any atom is 0.306 e. The van der Waals surface area contributed by atoms with Crippen molar-refractivity contribution in [1.29, 1.82) is 0 Å². The molecule has 0 heterocycles. The van der Waals surface area contributed by atoms with Gasteiger partial charge in [0.25, 0.3) is 0 Å². The second-order valence-electron chi connectivity index (χ2n) is 8.41. The topological polar surface area (TPSA) is 52.6 Å². The van der Waals surface area contributed by atoms with Gasteiger partial charge < -0.3 is 9.47 Å². The molecule has 172 valence electrons. The highest BCUT2D eigenvalue weighted by atomic mass is 16.5. The molecule has 4 heteroatoms. The zero-order valence-corrected chi connectivity index (χ0v) is 19.6. The third-order valence-electron chi connectivity index (χ3n) is 5.32. The molecule has 1 unspecified atom stereocenters. The van der Waals surface area contributed by atoms with Crippen LogP contribution in [0.25, 0.3) is 0 Å². The second-order valence-corrected chi connectivity index (χ2v) is 8.41. The van der Waals surface area contributed by atoms with Gasteiger partial charge in [0.1, 0.15) is 0 Å². The molecule has 0 aliphatic carbocycles. The first-order chi connectivity index (χ1) is 14.1. The van der Waals surface area contributed by atoms with Crippen molar-refractivity contribution < 1.29 is 19.1 Å². The van der Waals surface area contributed by atoms with Crippen molar-refractivity contribution in [2.45, 2.75) is 142 Å². The Morgan fingerprint density at radius 1 is 0.621 bits per heavy atom. The summed E-state index contributed by atoms with van der Waals surface area (Å²) in [5.74, 6) is -0.395. The summed E-state index contributed by atoms with van der Waals surface area (Å²) in [5, 5.41) is 0. The molecule has 0 rings (SSSR count). The van der Waals surface area contributed by atoms with Crippen LogP contribution < -0.4 is 0 Å². The van der Waals surface area contributed by atoms with E-state index in [4.69, 9.17) is 9.47 Å². The molecule has 0 aromatic carbocycles. The molecule has 4 nitrogen and oxygen atoms in total. The Morgan fingerprint density at radius 3 is 1.69 bits per heavy atom. The third-order valence-corrected chi connectivity index (χ3v) is 5.32. The van der Waals surface area contributed by atoms with Gasteiger partial charge in [-0.2, -0.15) is 0 Å². The quantitative estimate of drug-likeness (QED) is 0.144. The van der Waals surface area contributed by atoms with Crippen molar-refractivity contribution in [2.75, 3.05) is 6.61 Å². The number of esters is 2. The molecule has 0 fully saturated rings. The first-order valence-electron chi connectivity index (χ1n) is 12.4. The fourth-order valence-electron chi connectivity index (χ4n) is 3.43. The smallest absolute Gasteiger partial charge is 0.306 e. The Balaban J connectivity index is 3.38. The minimum absolute atomic E-state index is 0.0259. The summed E-state index contributed by atoms with van der Waals surface area (Å²) < 4.78 is 10.6. The van der Waals surface area contributed by atoms with Crippen LogP contribution in [-0.4, -0.2) is 24.6 Å². The van der Waals surface area contributed by atoms with E-state index in [0.717, 1.165) is 25.7 Å². The van der Waals surface area contributed by atoms with E-state index >= 15 is 0 Å². The van der Waals surface area contributed by atoms with Crippen molar-refractivity contribution in [1.82, 2.24) is 0 Å². The molecule has 0 aliphatic heterocycles. The van der Waals surface area contributed by atoms with Crippen molar-refractivity contribution in [3.8, 4) is 0 Å². The lowest BCUT2D eigenvalue weighted by molar-refractivity contribution is -0.149. The summed E-state index contributed by atoms with van der Waals surface area (Å²) in [4.78, 5) is 23.5. The van der Waals surface area contributed by atoms with Gasteiger partial charge in [-0.15, -0.1) is 0 Å². The number of hydrogen-bond donors (Lipinski definition) is 0. The molecular weight excluding hydrogens is 364 g/mol. The largest absolute Gasteiger partial charge is 0.466 e. The third kappa shape index (κ3) is 21.5. The lowest BCUT2D eigenvalue weighted by Gasteiger charge is -2.12. The van der Waals surface area contributed by atoms with Crippen molar-refractivity contribution in [3.63, 3.8) is 0 Å². The summed E-state index contributed by atoms with van der Waals surface area (Å²) in [6.45, 7) is 6.86. The first-order valence-corrected chi connectivity index (χ1v) is 12.4. The first kappa shape index (κ1) is 27.9. The van der Waals surface area contributed by atoms with E-state index in [2.05, 4.69) is 13.8 Å². The Morgan fingerprint density at radius 2 is 1.10 bits per heavy atom. The number of hydrogen-bond acceptors (Lipinski definition) is 4. The van der Waals surface area contributed by atoms with Gasteiger partial charge in [0.15, 0.2) is 0 Å². The number of carbonyl (C=O) groups is 2. The standard InChI is InChI=1S/C25H48O4/c1-4-6-8-9-10-11-12-13-14-15-17-22-28-24(26)20-18-21-25(27)29-23(3)19-16-7-5-2/h23H,4-22H2,1-3H3. The van der Waals surface area contributed by atoms with E-state index in [1.807, 2.05) is 6.92 Å². The molecule has 0 saturated heterocycles. The van der Waals surface area contributed by atoms with Gasteiger partial charge in [-0.3, -0.25) is 9.59 Å². The highest BCUT2D eigenvalue weighted by molar-refractivity contribution is 5.72. The average molecular weight is 413 g/mol. The number of rotatable bonds is 21. The van der Waals surface area contributed by atoms with Crippen LogP contribution in [0, 0.1) is 0 Å². The van der Waals surface area contributed by atoms with Gasteiger partial charge in [-0.1, -0.05) is 90.9 Å². The van der Waals surface area contributed by atoms with E-state index in [9.17, 15) is 9.59 Å². The summed E-state index contributed by atoms with van der Waals surface area (Å²) >= 11 is 0. The Kier molecular flexibility index (Phi) is 20.9. The van der Waals surface area contributed by atoms with Crippen molar-refractivity contribution in [2.24, 2.45) is 0 Å². The molecular formula is C25H48O4. The fraction of sp³-hybridized carbons (Fsp3) is 0.920. The maximum atomic E-state index is 11.8. The SMILES string of the molecule is CCCCCCCCCCCCCOC(=O)CCCC(=O)OC(C)CCCCC. The van der Waals surface area contributed by atoms with E-state index in [1.54, 1.807) is 0 Å². The second kappa shape index (κ2) is 21.6. The van der Waals surface area contributed by atoms with Gasteiger partial charge >= 0.3 is 11.9 Å². The number of carbonyl (C=O) groups excluding carboxylic acids is 2. The monoisotopic (exact) mass is 412 g/mol. The minimum atomic E-state index is -0.202. The summed E-state index contributed by atoms with van der Waals surface area (Å²) in [6, 6.07) is 0. The molecule has 0 spiro atoms. The van der Waals surface area contributed by atoms with Crippen LogP contribution in [0.3, 0.4) is 0 Å². The molecule has 0 radical (unpaired) electrons. The lowest BCUT2D eigenvalue weighted by Crippen LogP contribution is -2.15. The number of ether oxygens (including phenoxy) is 2. The highest BCUT2D eigenvalue weighted by Gasteiger charge is 2.11. The zero-order valence-electron chi connectivity index (χ0n) is 19.6. The molecule has 29 heavy (non-hydrogen) atoms. The van der Waals surface area contributed by atoms with Gasteiger partial charge in [0.2, 0.25) is 0 Å². The Labute approximate surface area is 180 Å². The number of unbranched alkanes of at least 4 members (excludes halogenated alkanes) is 12. The molecule has 0 amide bonds. The molecule has 0 saturated carbocycles. The summed E-state index contributed by atoms with van der Waals surface area (Å²) in [5.41, 5.74) is 0. The van der Waals surface area contributed by atoms with Crippen LogP contribution >= 0.6 is 0 Å². The lowest BCUT2D eigenvalue weighted by atomic mass is 10.1. The van der Waals surface area contributed by atoms with Crippen LogP contribution in [0.5, 0.6) is 0 Å². The van der Waals surface area contributed by atoms with Gasteiger partial charge in [-0.05, 0) is 32.6 Å². The molecule has 0 aromatic rings. The van der Waals surface area contributed by atoms with Crippen molar-refractivity contribution >= 4 is 11.9 Å². The van der Waals surface area contributed by atoms with Gasteiger partial charge in [0.05, 0.1) is 12.7 Å². The summed E-state index contributed by atoms with van der Waals surface area (Å²) in [6.07, 6.45) is 19.6. The van der Waals surface area contributed by atoms with Crippen LogP contribution in [0.2, 0.25) is 0 Å². The molecule has 0 N–H and O–H groups in total. The van der Waals surface area contributed by atoms with Crippen molar-refractivity contribution in [3.05, 3.63) is 0 Å². The van der Waals surface area contributed by atoms with Crippen LogP contribution in [-0.2, 0) is 19.1 Å². The van der Waals surface area contributed by atoms with E-state index in [1.165, 1.54) is 70.6 Å². The van der Waals surface area contributed by atoms with E-state index in [-0.39, 0.29) is 18.0 Å². The van der Waals surface area contributed by atoms with E-state index < -0.39 is 0 Å². The molecule has 0 bridgehead atoms. The summed E-state index contributed by atoms with van der Waals surface area (Å²) in [7, 11) is 0. The molecule has 0 aliphatic rings. The highest BCUT2D eigenvalue weighted by Crippen LogP contribution is 2.12. The fourth-order valence-corrected chi connectivity index (χ4v) is 3.43.